The van der Waals surface area contributed by atoms with Crippen LogP contribution in [0, 0.1) is 0 Å². The highest BCUT2D eigenvalue weighted by molar-refractivity contribution is 7.18. The van der Waals surface area contributed by atoms with E-state index in [4.69, 9.17) is 5.73 Å². The Balaban J connectivity index is 1.98. The Kier molecular flexibility index (Phi) is 3.46. The van der Waals surface area contributed by atoms with Crippen LogP contribution in [0.15, 0.2) is 18.2 Å². The molecule has 1 aliphatic carbocycles. The Bertz CT molecular complexity index is 620. The number of nitrogens with zero attached hydrogens (tertiary/aromatic N) is 1. The first-order valence-electron chi connectivity index (χ1n) is 6.68. The standard InChI is InChI=1S/C14H15F3N2S/c15-14(16,17)8-5-6-12-11(7-8)19-13(20-12)9-3-1-2-4-10(9)18/h5-7,9-10H,1-4,18H2. The summed E-state index contributed by atoms with van der Waals surface area (Å²) >= 11 is 1.47. The normalized spacial score (nSPS) is 24.2. The second-order valence-electron chi connectivity index (χ2n) is 5.29. The van der Waals surface area contributed by atoms with Crippen molar-refractivity contribution in [1.82, 2.24) is 4.98 Å². The highest BCUT2D eigenvalue weighted by atomic mass is 32.1. The zero-order valence-electron chi connectivity index (χ0n) is 10.8. The summed E-state index contributed by atoms with van der Waals surface area (Å²) < 4.78 is 38.9. The van der Waals surface area contributed by atoms with Crippen molar-refractivity contribution in [3.05, 3.63) is 28.8 Å². The van der Waals surface area contributed by atoms with Gasteiger partial charge >= 0.3 is 6.18 Å². The molecule has 1 heterocycles. The minimum atomic E-state index is -4.32. The molecule has 0 spiro atoms. The van der Waals surface area contributed by atoms with Gasteiger partial charge in [-0.15, -0.1) is 11.3 Å². The van der Waals surface area contributed by atoms with Crippen LogP contribution in [-0.4, -0.2) is 11.0 Å². The lowest BCUT2D eigenvalue weighted by Gasteiger charge is -2.26. The minimum Gasteiger partial charge on any atom is -0.327 e. The van der Waals surface area contributed by atoms with Gasteiger partial charge in [0, 0.05) is 12.0 Å². The predicted molar refractivity (Wildman–Crippen MR) is 73.8 cm³/mol. The van der Waals surface area contributed by atoms with E-state index >= 15 is 0 Å². The molecule has 2 atom stereocenters. The Morgan fingerprint density at radius 3 is 2.65 bits per heavy atom. The van der Waals surface area contributed by atoms with Crippen LogP contribution in [0.2, 0.25) is 0 Å². The van der Waals surface area contributed by atoms with Gasteiger partial charge in [0.25, 0.3) is 0 Å². The van der Waals surface area contributed by atoms with E-state index in [9.17, 15) is 13.2 Å². The van der Waals surface area contributed by atoms with Crippen LogP contribution in [0.4, 0.5) is 13.2 Å². The number of halogens is 3. The monoisotopic (exact) mass is 300 g/mol. The Morgan fingerprint density at radius 1 is 1.20 bits per heavy atom. The molecule has 0 radical (unpaired) electrons. The molecule has 1 fully saturated rings. The summed E-state index contributed by atoms with van der Waals surface area (Å²) in [6.45, 7) is 0. The number of alkyl halides is 3. The van der Waals surface area contributed by atoms with Gasteiger partial charge in [0.1, 0.15) is 0 Å². The average molecular weight is 300 g/mol. The Labute approximate surface area is 118 Å². The zero-order valence-corrected chi connectivity index (χ0v) is 11.6. The van der Waals surface area contributed by atoms with E-state index in [2.05, 4.69) is 4.98 Å². The van der Waals surface area contributed by atoms with Crippen LogP contribution < -0.4 is 5.73 Å². The van der Waals surface area contributed by atoms with E-state index in [-0.39, 0.29) is 12.0 Å². The number of hydrogen-bond donors (Lipinski definition) is 1. The SMILES string of the molecule is NC1CCCCC1c1nc2cc(C(F)(F)F)ccc2s1. The van der Waals surface area contributed by atoms with Crippen molar-refractivity contribution >= 4 is 21.6 Å². The van der Waals surface area contributed by atoms with E-state index in [0.29, 0.717) is 5.52 Å². The number of rotatable bonds is 1. The number of nitrogens with two attached hydrogens (primary N) is 1. The first-order valence-corrected chi connectivity index (χ1v) is 7.50. The number of aromatic nitrogens is 1. The smallest absolute Gasteiger partial charge is 0.327 e. The molecule has 3 rings (SSSR count). The molecule has 108 valence electrons. The van der Waals surface area contributed by atoms with E-state index < -0.39 is 11.7 Å². The predicted octanol–water partition coefficient (Wildman–Crippen LogP) is 4.30. The lowest BCUT2D eigenvalue weighted by atomic mass is 9.85. The van der Waals surface area contributed by atoms with Crippen molar-refractivity contribution in [1.29, 1.82) is 0 Å². The molecule has 0 saturated heterocycles. The van der Waals surface area contributed by atoms with Crippen molar-refractivity contribution in [3.63, 3.8) is 0 Å². The van der Waals surface area contributed by atoms with Gasteiger partial charge in [-0.1, -0.05) is 12.8 Å². The van der Waals surface area contributed by atoms with Crippen LogP contribution in [0.5, 0.6) is 0 Å². The van der Waals surface area contributed by atoms with Crippen LogP contribution in [0.3, 0.4) is 0 Å². The zero-order chi connectivity index (χ0) is 14.3. The largest absolute Gasteiger partial charge is 0.416 e. The van der Waals surface area contributed by atoms with Gasteiger partial charge in [0.2, 0.25) is 0 Å². The third kappa shape index (κ3) is 2.54. The molecule has 1 aliphatic rings. The van der Waals surface area contributed by atoms with Crippen molar-refractivity contribution in [2.24, 2.45) is 5.73 Å². The van der Waals surface area contributed by atoms with Gasteiger partial charge in [-0.3, -0.25) is 0 Å². The first-order chi connectivity index (χ1) is 9.45. The molecular formula is C14H15F3N2S. The topological polar surface area (TPSA) is 38.9 Å². The highest BCUT2D eigenvalue weighted by Gasteiger charge is 2.31. The summed E-state index contributed by atoms with van der Waals surface area (Å²) in [7, 11) is 0. The van der Waals surface area contributed by atoms with E-state index in [1.807, 2.05) is 0 Å². The first kappa shape index (κ1) is 13.8. The average Bonchev–Trinajstić information content (AvgIpc) is 2.80. The number of thiazole rings is 1. The molecule has 0 aliphatic heterocycles. The van der Waals surface area contributed by atoms with E-state index in [1.54, 1.807) is 0 Å². The maximum atomic E-state index is 12.7. The second-order valence-corrected chi connectivity index (χ2v) is 6.35. The summed E-state index contributed by atoms with van der Waals surface area (Å²) in [6, 6.07) is 3.83. The molecule has 1 aromatic carbocycles. The van der Waals surface area contributed by atoms with Crippen LogP contribution in [-0.2, 0) is 6.18 Å². The summed E-state index contributed by atoms with van der Waals surface area (Å²) in [5.41, 5.74) is 5.90. The van der Waals surface area contributed by atoms with E-state index in [0.717, 1.165) is 47.5 Å². The number of benzene rings is 1. The molecule has 1 saturated carbocycles. The molecule has 2 unspecified atom stereocenters. The third-order valence-electron chi connectivity index (χ3n) is 3.87. The number of hydrogen-bond acceptors (Lipinski definition) is 3. The third-order valence-corrected chi connectivity index (χ3v) is 5.04. The molecule has 6 heteroatoms. The summed E-state index contributed by atoms with van der Waals surface area (Å²) in [5, 5.41) is 0.881. The van der Waals surface area contributed by atoms with E-state index in [1.165, 1.54) is 17.4 Å². The maximum Gasteiger partial charge on any atom is 0.416 e. The Hall–Kier alpha value is -1.14. The van der Waals surface area contributed by atoms with Gasteiger partial charge < -0.3 is 5.73 Å². The molecule has 2 N–H and O–H groups in total. The molecule has 1 aromatic heterocycles. The van der Waals surface area contributed by atoms with Crippen molar-refractivity contribution in [2.45, 2.75) is 43.8 Å². The quantitative estimate of drug-likeness (QED) is 0.852. The fourth-order valence-electron chi connectivity index (χ4n) is 2.75. The molecule has 2 nitrogen and oxygen atoms in total. The van der Waals surface area contributed by atoms with Gasteiger partial charge in [-0.05, 0) is 31.0 Å². The molecule has 20 heavy (non-hydrogen) atoms. The summed E-state index contributed by atoms with van der Waals surface area (Å²) in [5.74, 6) is 0.190. The van der Waals surface area contributed by atoms with Gasteiger partial charge in [0.15, 0.2) is 0 Å². The van der Waals surface area contributed by atoms with Crippen LogP contribution in [0.25, 0.3) is 10.2 Å². The van der Waals surface area contributed by atoms with Crippen molar-refractivity contribution < 1.29 is 13.2 Å². The molecular weight excluding hydrogens is 285 g/mol. The van der Waals surface area contributed by atoms with Crippen molar-refractivity contribution in [2.75, 3.05) is 0 Å². The molecule has 2 aromatic rings. The fourth-order valence-corrected chi connectivity index (χ4v) is 3.90. The molecule has 0 amide bonds. The number of fused-ring (bicyclic) bond motifs is 1. The van der Waals surface area contributed by atoms with Gasteiger partial charge in [-0.2, -0.15) is 13.2 Å². The van der Waals surface area contributed by atoms with Gasteiger partial charge in [0.05, 0.1) is 20.8 Å². The van der Waals surface area contributed by atoms with Crippen LogP contribution in [0.1, 0.15) is 42.2 Å². The summed E-state index contributed by atoms with van der Waals surface area (Å²) in [6.07, 6.45) is -0.135. The Morgan fingerprint density at radius 2 is 1.95 bits per heavy atom. The van der Waals surface area contributed by atoms with Gasteiger partial charge in [-0.25, -0.2) is 4.98 Å². The lowest BCUT2D eigenvalue weighted by molar-refractivity contribution is -0.137. The summed E-state index contributed by atoms with van der Waals surface area (Å²) in [4.78, 5) is 4.40. The molecule has 0 bridgehead atoms. The maximum absolute atomic E-state index is 12.7. The highest BCUT2D eigenvalue weighted by Crippen LogP contribution is 2.38. The van der Waals surface area contributed by atoms with Crippen molar-refractivity contribution in [3.8, 4) is 0 Å². The second kappa shape index (κ2) is 5.00. The fraction of sp³-hybridized carbons (Fsp3) is 0.500. The minimum absolute atomic E-state index is 0.0754. The van der Waals surface area contributed by atoms with Crippen LogP contribution >= 0.6 is 11.3 Å². The lowest BCUT2D eigenvalue weighted by Crippen LogP contribution is -2.31.